The number of amides is 2. The van der Waals surface area contributed by atoms with E-state index >= 15 is 0 Å². The lowest BCUT2D eigenvalue weighted by Gasteiger charge is -2.27. The molecule has 1 heterocycles. The van der Waals surface area contributed by atoms with Crippen LogP contribution in [0.4, 0.5) is 5.69 Å². The number of ether oxygens (including phenoxy) is 1. The summed E-state index contributed by atoms with van der Waals surface area (Å²) in [6.45, 7) is 0. The number of carbonyl (C=O) groups is 2. The van der Waals surface area contributed by atoms with Gasteiger partial charge in [0.1, 0.15) is 5.75 Å². The zero-order chi connectivity index (χ0) is 16.0. The molecule has 23 heavy (non-hydrogen) atoms. The number of methoxy groups -OCH3 is 1. The average Bonchev–Trinajstić information content (AvgIpc) is 2.60. The third kappa shape index (κ3) is 1.85. The van der Waals surface area contributed by atoms with Gasteiger partial charge >= 0.3 is 0 Å². The van der Waals surface area contributed by atoms with E-state index in [0.717, 1.165) is 5.39 Å². The number of imide groups is 1. The van der Waals surface area contributed by atoms with Crippen LogP contribution in [0.15, 0.2) is 60.7 Å². The van der Waals surface area contributed by atoms with Crippen LogP contribution in [0.2, 0.25) is 0 Å². The number of anilines is 1. The Morgan fingerprint density at radius 3 is 2.17 bits per heavy atom. The SMILES string of the molecule is COc1ccc2c3c(cccc13)C(=O)N(c1ccccc1)C2=O. The smallest absolute Gasteiger partial charge is 0.265 e. The Balaban J connectivity index is 2.01. The number of hydrogen-bond acceptors (Lipinski definition) is 3. The maximum atomic E-state index is 12.9. The van der Waals surface area contributed by atoms with Crippen molar-refractivity contribution in [2.24, 2.45) is 0 Å². The maximum absolute atomic E-state index is 12.9. The fraction of sp³-hybridized carbons (Fsp3) is 0.0526. The molecule has 0 radical (unpaired) electrons. The van der Waals surface area contributed by atoms with Crippen LogP contribution < -0.4 is 9.64 Å². The molecule has 0 saturated carbocycles. The number of benzene rings is 3. The van der Waals surface area contributed by atoms with Gasteiger partial charge in [-0.3, -0.25) is 9.59 Å². The summed E-state index contributed by atoms with van der Waals surface area (Å²) in [5.74, 6) is 0.0273. The monoisotopic (exact) mass is 303 g/mol. The maximum Gasteiger partial charge on any atom is 0.265 e. The van der Waals surface area contributed by atoms with Crippen LogP contribution in [-0.2, 0) is 0 Å². The van der Waals surface area contributed by atoms with Gasteiger partial charge in [0.2, 0.25) is 0 Å². The molecule has 0 fully saturated rings. The van der Waals surface area contributed by atoms with Crippen molar-refractivity contribution in [2.75, 3.05) is 12.0 Å². The first-order valence-electron chi connectivity index (χ1n) is 7.26. The Morgan fingerprint density at radius 1 is 0.783 bits per heavy atom. The van der Waals surface area contributed by atoms with E-state index in [-0.39, 0.29) is 11.8 Å². The van der Waals surface area contributed by atoms with Crippen LogP contribution in [0.3, 0.4) is 0 Å². The number of nitrogens with zero attached hydrogens (tertiary/aromatic N) is 1. The Labute approximate surface area is 132 Å². The third-order valence-corrected chi connectivity index (χ3v) is 4.10. The lowest BCUT2D eigenvalue weighted by atomic mass is 9.93. The predicted octanol–water partition coefficient (Wildman–Crippen LogP) is 3.65. The van der Waals surface area contributed by atoms with Gasteiger partial charge in [0.25, 0.3) is 11.8 Å². The Morgan fingerprint density at radius 2 is 1.48 bits per heavy atom. The number of carbonyl (C=O) groups excluding carboxylic acids is 2. The molecule has 4 rings (SSSR count). The second-order valence-electron chi connectivity index (χ2n) is 5.32. The quantitative estimate of drug-likeness (QED) is 0.679. The van der Waals surface area contributed by atoms with E-state index in [1.165, 1.54) is 4.90 Å². The largest absolute Gasteiger partial charge is 0.496 e. The van der Waals surface area contributed by atoms with Gasteiger partial charge in [-0.1, -0.05) is 30.3 Å². The van der Waals surface area contributed by atoms with E-state index in [2.05, 4.69) is 0 Å². The lowest BCUT2D eigenvalue weighted by Crippen LogP contribution is -2.40. The zero-order valence-electron chi connectivity index (χ0n) is 12.4. The minimum atomic E-state index is -0.312. The first-order chi connectivity index (χ1) is 11.2. The average molecular weight is 303 g/mol. The molecule has 0 aliphatic carbocycles. The fourth-order valence-electron chi connectivity index (χ4n) is 3.06. The van der Waals surface area contributed by atoms with E-state index in [1.54, 1.807) is 55.6 Å². The minimum absolute atomic E-state index is 0.312. The molecular weight excluding hydrogens is 290 g/mol. The van der Waals surface area contributed by atoms with Gasteiger partial charge in [-0.05, 0) is 30.3 Å². The van der Waals surface area contributed by atoms with Crippen molar-refractivity contribution in [1.29, 1.82) is 0 Å². The van der Waals surface area contributed by atoms with Crippen molar-refractivity contribution in [3.63, 3.8) is 0 Å². The van der Waals surface area contributed by atoms with Gasteiger partial charge in [-0.25, -0.2) is 4.90 Å². The van der Waals surface area contributed by atoms with Gasteiger partial charge in [-0.15, -0.1) is 0 Å². The van der Waals surface area contributed by atoms with Crippen LogP contribution in [0.5, 0.6) is 5.75 Å². The van der Waals surface area contributed by atoms with E-state index in [0.29, 0.717) is 28.0 Å². The van der Waals surface area contributed by atoms with Crippen molar-refractivity contribution in [1.82, 2.24) is 0 Å². The summed E-state index contributed by atoms with van der Waals surface area (Å²) in [6, 6.07) is 17.9. The Hall–Kier alpha value is -3.14. The van der Waals surface area contributed by atoms with Crippen molar-refractivity contribution < 1.29 is 14.3 Å². The van der Waals surface area contributed by atoms with Crippen molar-refractivity contribution in [3.8, 4) is 5.75 Å². The van der Waals surface area contributed by atoms with Crippen LogP contribution in [0.25, 0.3) is 10.8 Å². The first kappa shape index (κ1) is 13.5. The Kier molecular flexibility index (Phi) is 2.91. The lowest BCUT2D eigenvalue weighted by molar-refractivity contribution is 0.0893. The molecular formula is C19H13NO3. The molecule has 4 heteroatoms. The highest BCUT2D eigenvalue weighted by molar-refractivity contribution is 6.36. The van der Waals surface area contributed by atoms with Crippen molar-refractivity contribution in [2.45, 2.75) is 0 Å². The van der Waals surface area contributed by atoms with E-state index in [4.69, 9.17) is 4.74 Å². The second kappa shape index (κ2) is 4.95. The molecule has 2 amide bonds. The van der Waals surface area contributed by atoms with E-state index < -0.39 is 0 Å². The molecule has 0 unspecified atom stereocenters. The highest BCUT2D eigenvalue weighted by Crippen LogP contribution is 2.36. The van der Waals surface area contributed by atoms with Crippen LogP contribution in [-0.4, -0.2) is 18.9 Å². The highest BCUT2D eigenvalue weighted by atomic mass is 16.5. The molecule has 1 aliphatic rings. The molecule has 1 aliphatic heterocycles. The molecule has 3 aromatic rings. The van der Waals surface area contributed by atoms with Crippen LogP contribution in [0, 0.1) is 0 Å². The van der Waals surface area contributed by atoms with Gasteiger partial charge < -0.3 is 4.74 Å². The van der Waals surface area contributed by atoms with Crippen LogP contribution in [0.1, 0.15) is 20.7 Å². The normalized spacial score (nSPS) is 13.5. The summed E-state index contributed by atoms with van der Waals surface area (Å²) < 4.78 is 5.35. The van der Waals surface area contributed by atoms with Gasteiger partial charge in [0.15, 0.2) is 0 Å². The van der Waals surface area contributed by atoms with Crippen molar-refractivity contribution in [3.05, 3.63) is 71.8 Å². The summed E-state index contributed by atoms with van der Waals surface area (Å²) >= 11 is 0. The summed E-state index contributed by atoms with van der Waals surface area (Å²) in [5.41, 5.74) is 1.60. The first-order valence-corrected chi connectivity index (χ1v) is 7.26. The van der Waals surface area contributed by atoms with Gasteiger partial charge in [-0.2, -0.15) is 0 Å². The standard InChI is InChI=1S/C19H13NO3/c1-23-16-11-10-15-17-13(16)8-5-9-14(17)18(21)20(19(15)22)12-6-3-2-4-7-12/h2-11H,1H3. The second-order valence-corrected chi connectivity index (χ2v) is 5.32. The molecule has 112 valence electrons. The minimum Gasteiger partial charge on any atom is -0.496 e. The number of hydrogen-bond donors (Lipinski definition) is 0. The number of rotatable bonds is 2. The predicted molar refractivity (Wildman–Crippen MR) is 88.1 cm³/mol. The van der Waals surface area contributed by atoms with Gasteiger partial charge in [0, 0.05) is 21.9 Å². The molecule has 0 atom stereocenters. The summed E-state index contributed by atoms with van der Waals surface area (Å²) in [6.07, 6.45) is 0. The van der Waals surface area contributed by atoms with E-state index in [9.17, 15) is 9.59 Å². The molecule has 0 spiro atoms. The van der Waals surface area contributed by atoms with Crippen LogP contribution >= 0.6 is 0 Å². The Bertz CT molecular complexity index is 925. The number of para-hydroxylation sites is 1. The molecule has 3 aromatic carbocycles. The third-order valence-electron chi connectivity index (χ3n) is 4.10. The summed E-state index contributed by atoms with van der Waals surface area (Å²) in [7, 11) is 1.58. The van der Waals surface area contributed by atoms with E-state index in [1.807, 2.05) is 12.1 Å². The molecule has 0 bridgehead atoms. The topological polar surface area (TPSA) is 46.6 Å². The van der Waals surface area contributed by atoms with Crippen molar-refractivity contribution >= 4 is 28.3 Å². The van der Waals surface area contributed by atoms with Gasteiger partial charge in [0.05, 0.1) is 12.8 Å². The highest BCUT2D eigenvalue weighted by Gasteiger charge is 2.34. The molecule has 0 N–H and O–H groups in total. The fourth-order valence-corrected chi connectivity index (χ4v) is 3.06. The summed E-state index contributed by atoms with van der Waals surface area (Å²) in [5, 5.41) is 1.44. The zero-order valence-corrected chi connectivity index (χ0v) is 12.4. The molecule has 4 nitrogen and oxygen atoms in total. The molecule has 0 aromatic heterocycles. The molecule has 0 saturated heterocycles. The summed E-state index contributed by atoms with van der Waals surface area (Å²) in [4.78, 5) is 27.0.